The molecule has 3 aromatic heterocycles. The number of benzene rings is 1. The molecule has 1 aliphatic heterocycles. The Morgan fingerprint density at radius 1 is 1.14 bits per heavy atom. The van der Waals surface area contributed by atoms with Gasteiger partial charge in [-0.3, -0.25) is 18.9 Å². The molecule has 4 heterocycles. The van der Waals surface area contributed by atoms with Gasteiger partial charge in [0.25, 0.3) is 11.5 Å². The molecule has 0 bridgehead atoms. The van der Waals surface area contributed by atoms with E-state index in [1.54, 1.807) is 30.0 Å². The number of halogens is 1. The van der Waals surface area contributed by atoms with E-state index in [9.17, 15) is 9.59 Å². The quantitative estimate of drug-likeness (QED) is 0.200. The number of hydrogen-bond acceptors (Lipinski definition) is 9. The number of rotatable bonds is 8. The Morgan fingerprint density at radius 2 is 1.88 bits per heavy atom. The zero-order valence-corrected chi connectivity index (χ0v) is 26.9. The van der Waals surface area contributed by atoms with Gasteiger partial charge in [0, 0.05) is 52.2 Å². The van der Waals surface area contributed by atoms with Crippen molar-refractivity contribution in [2.24, 2.45) is 7.05 Å². The molecule has 1 atom stereocenters. The molecule has 4 aromatic rings. The number of fused-ring (bicyclic) bond motifs is 1. The Hall–Kier alpha value is -3.83. The van der Waals surface area contributed by atoms with Gasteiger partial charge in [-0.25, -0.2) is 15.0 Å². The Balaban J connectivity index is 1.45. The van der Waals surface area contributed by atoms with Crippen LogP contribution in [0.1, 0.15) is 58.9 Å². The van der Waals surface area contributed by atoms with Gasteiger partial charge >= 0.3 is 0 Å². The van der Waals surface area contributed by atoms with Crippen molar-refractivity contribution >= 4 is 57.8 Å². The molecule has 0 radical (unpaired) electrons. The van der Waals surface area contributed by atoms with Crippen molar-refractivity contribution in [2.75, 3.05) is 48.6 Å². The lowest BCUT2D eigenvalue weighted by Gasteiger charge is -2.34. The highest BCUT2D eigenvalue weighted by molar-refractivity contribution is 7.97. The van der Waals surface area contributed by atoms with Gasteiger partial charge in [0.15, 0.2) is 5.69 Å². The molecule has 1 aromatic carbocycles. The second-order valence-electron chi connectivity index (χ2n) is 11.2. The molecule has 12 heteroatoms. The fourth-order valence-corrected chi connectivity index (χ4v) is 6.08. The number of carbonyl (C=O) groups excluding carboxylic acids is 1. The lowest BCUT2D eigenvalue weighted by molar-refractivity contribution is 0.0980. The molecule has 2 N–H and O–H groups in total. The number of nitrogens with one attached hydrogen (secondary N) is 2. The van der Waals surface area contributed by atoms with Crippen LogP contribution in [-0.4, -0.2) is 58.9 Å². The third-order valence-corrected chi connectivity index (χ3v) is 8.52. The van der Waals surface area contributed by atoms with Gasteiger partial charge in [0.05, 0.1) is 22.6 Å². The predicted octanol–water partition coefficient (Wildman–Crippen LogP) is 5.32. The van der Waals surface area contributed by atoms with E-state index in [0.29, 0.717) is 28.5 Å². The molecule has 1 unspecified atom stereocenters. The first-order chi connectivity index (χ1) is 20.6. The highest BCUT2D eigenvalue weighted by Crippen LogP contribution is 2.32. The van der Waals surface area contributed by atoms with Crippen LogP contribution in [0.4, 0.5) is 17.5 Å². The summed E-state index contributed by atoms with van der Waals surface area (Å²) in [5.74, 6) is 1.66. The third kappa shape index (κ3) is 6.42. The van der Waals surface area contributed by atoms with Gasteiger partial charge in [-0.15, -0.1) is 0 Å². The Kier molecular flexibility index (Phi) is 9.12. The van der Waals surface area contributed by atoms with Crippen LogP contribution in [0.2, 0.25) is 5.15 Å². The van der Waals surface area contributed by atoms with Crippen molar-refractivity contribution in [3.8, 4) is 0 Å². The van der Waals surface area contributed by atoms with Gasteiger partial charge in [0.2, 0.25) is 5.95 Å². The average Bonchev–Trinajstić information content (AvgIpc) is 3.00. The predicted molar refractivity (Wildman–Crippen MR) is 177 cm³/mol. The van der Waals surface area contributed by atoms with Crippen molar-refractivity contribution < 1.29 is 4.79 Å². The van der Waals surface area contributed by atoms with Crippen LogP contribution in [0.3, 0.4) is 0 Å². The first kappa shape index (κ1) is 30.6. The molecule has 43 heavy (non-hydrogen) atoms. The van der Waals surface area contributed by atoms with E-state index < -0.39 is 0 Å². The number of aromatic nitrogens is 4. The number of nitrogens with zero attached hydrogens (tertiary/aromatic N) is 6. The molecular weight excluding hydrogens is 584 g/mol. The standard InChI is InChI=1S/C31H37ClN8O2S/c1-18-15-22(19(2)34-24-8-9-25(32)35-28(24)29(41)37-43-6)27-23(16-18)30(42)39(5)31(36-27)40-13-11-20(12-14-40)21-7-10-26(33-17-21)38(3)4/h7-10,15-17,19-20,34H,11-14H2,1-6H3,(H,37,41). The highest BCUT2D eigenvalue weighted by Gasteiger charge is 2.26. The molecule has 10 nitrogen and oxygen atoms in total. The fourth-order valence-electron chi connectivity index (χ4n) is 5.65. The van der Waals surface area contributed by atoms with Crippen LogP contribution in [0.5, 0.6) is 0 Å². The SMILES string of the molecule is CSNC(=O)c1nc(Cl)ccc1NC(C)c1cc(C)cc2c(=O)n(C)c(N3CCC(c4ccc(N(C)C)nc4)CC3)nc12. The van der Waals surface area contributed by atoms with Crippen LogP contribution in [0, 0.1) is 6.92 Å². The van der Waals surface area contributed by atoms with E-state index in [2.05, 4.69) is 37.0 Å². The Labute approximate surface area is 261 Å². The largest absolute Gasteiger partial charge is 0.377 e. The number of hydrogen-bond donors (Lipinski definition) is 2. The van der Waals surface area contributed by atoms with E-state index in [1.807, 2.05) is 51.2 Å². The molecule has 1 saturated heterocycles. The summed E-state index contributed by atoms with van der Waals surface area (Å²) in [6.45, 7) is 5.52. The molecule has 0 spiro atoms. The highest BCUT2D eigenvalue weighted by atomic mass is 35.5. The molecule has 1 aliphatic rings. The van der Waals surface area contributed by atoms with E-state index >= 15 is 0 Å². The number of anilines is 3. The molecule has 1 fully saturated rings. The lowest BCUT2D eigenvalue weighted by atomic mass is 9.90. The Bertz CT molecular complexity index is 1700. The molecular formula is C31H37ClN8O2S. The second-order valence-corrected chi connectivity index (χ2v) is 12.2. The first-order valence-corrected chi connectivity index (χ1v) is 15.8. The summed E-state index contributed by atoms with van der Waals surface area (Å²) in [7, 11) is 5.77. The second kappa shape index (κ2) is 12.8. The number of pyridine rings is 2. The summed E-state index contributed by atoms with van der Waals surface area (Å²) in [6, 6.07) is 11.3. The van der Waals surface area contributed by atoms with Crippen LogP contribution >= 0.6 is 23.5 Å². The van der Waals surface area contributed by atoms with Gasteiger partial charge in [0.1, 0.15) is 11.0 Å². The van der Waals surface area contributed by atoms with Crippen molar-refractivity contribution in [2.45, 2.75) is 38.6 Å². The number of aryl methyl sites for hydroxylation is 1. The van der Waals surface area contributed by atoms with Crippen LogP contribution in [0.25, 0.3) is 10.9 Å². The van der Waals surface area contributed by atoms with Crippen molar-refractivity contribution in [3.05, 3.63) is 80.5 Å². The van der Waals surface area contributed by atoms with E-state index in [1.165, 1.54) is 17.5 Å². The number of amides is 1. The van der Waals surface area contributed by atoms with E-state index in [0.717, 1.165) is 42.9 Å². The fraction of sp³-hybridized carbons (Fsp3) is 0.387. The monoisotopic (exact) mass is 620 g/mol. The minimum absolute atomic E-state index is 0.0871. The normalized spacial score (nSPS) is 14.5. The van der Waals surface area contributed by atoms with Crippen LogP contribution in [0.15, 0.2) is 47.4 Å². The third-order valence-electron chi connectivity index (χ3n) is 7.92. The van der Waals surface area contributed by atoms with Crippen molar-refractivity contribution in [3.63, 3.8) is 0 Å². The van der Waals surface area contributed by atoms with Gasteiger partial charge in [-0.2, -0.15) is 0 Å². The topological polar surface area (TPSA) is 108 Å². The lowest BCUT2D eigenvalue weighted by Crippen LogP contribution is -2.37. The summed E-state index contributed by atoms with van der Waals surface area (Å²) >= 11 is 7.31. The molecule has 5 rings (SSSR count). The summed E-state index contributed by atoms with van der Waals surface area (Å²) < 4.78 is 4.37. The van der Waals surface area contributed by atoms with Crippen molar-refractivity contribution in [1.82, 2.24) is 24.2 Å². The zero-order chi connectivity index (χ0) is 30.8. The number of piperidine rings is 1. The summed E-state index contributed by atoms with van der Waals surface area (Å²) in [5.41, 5.74) is 4.35. The van der Waals surface area contributed by atoms with Crippen LogP contribution in [-0.2, 0) is 7.05 Å². The van der Waals surface area contributed by atoms with Crippen molar-refractivity contribution in [1.29, 1.82) is 0 Å². The first-order valence-electron chi connectivity index (χ1n) is 14.2. The maximum absolute atomic E-state index is 13.7. The minimum Gasteiger partial charge on any atom is -0.377 e. The van der Waals surface area contributed by atoms with Crippen LogP contribution < -0.4 is 25.4 Å². The van der Waals surface area contributed by atoms with Gasteiger partial charge < -0.3 is 15.1 Å². The van der Waals surface area contributed by atoms with Gasteiger partial charge in [-0.1, -0.05) is 35.7 Å². The molecule has 1 amide bonds. The molecule has 226 valence electrons. The van der Waals surface area contributed by atoms with E-state index in [4.69, 9.17) is 16.6 Å². The maximum Gasteiger partial charge on any atom is 0.281 e. The van der Waals surface area contributed by atoms with E-state index in [-0.39, 0.29) is 28.4 Å². The molecule has 0 aliphatic carbocycles. The summed E-state index contributed by atoms with van der Waals surface area (Å²) in [5, 5.41) is 4.21. The molecule has 0 saturated carbocycles. The van der Waals surface area contributed by atoms with Gasteiger partial charge in [-0.05, 0) is 68.0 Å². The summed E-state index contributed by atoms with van der Waals surface area (Å²) in [4.78, 5) is 44.5. The Morgan fingerprint density at radius 3 is 2.53 bits per heavy atom. The smallest absolute Gasteiger partial charge is 0.281 e. The minimum atomic E-state index is -0.346. The summed E-state index contributed by atoms with van der Waals surface area (Å²) in [6.07, 6.45) is 5.64. The maximum atomic E-state index is 13.7. The number of carbonyl (C=O) groups is 1. The zero-order valence-electron chi connectivity index (χ0n) is 25.3. The average molecular weight is 621 g/mol.